The van der Waals surface area contributed by atoms with Gasteiger partial charge in [0.1, 0.15) is 0 Å². The second-order valence-electron chi connectivity index (χ2n) is 7.59. The summed E-state index contributed by atoms with van der Waals surface area (Å²) in [5.74, 6) is 0.201. The van der Waals surface area contributed by atoms with Crippen molar-refractivity contribution in [1.82, 2.24) is 14.8 Å². The van der Waals surface area contributed by atoms with Crippen LogP contribution in [-0.4, -0.2) is 46.9 Å². The van der Waals surface area contributed by atoms with Gasteiger partial charge in [-0.25, -0.2) is 0 Å². The van der Waals surface area contributed by atoms with Gasteiger partial charge in [-0.15, -0.1) is 0 Å². The number of likely N-dealkylation sites (tertiary alicyclic amines) is 1. The lowest BCUT2D eigenvalue weighted by Gasteiger charge is -2.36. The van der Waals surface area contributed by atoms with Gasteiger partial charge in [0.05, 0.1) is 6.04 Å². The van der Waals surface area contributed by atoms with E-state index < -0.39 is 0 Å². The average molecular weight is 339 g/mol. The molecule has 3 heterocycles. The van der Waals surface area contributed by atoms with Crippen LogP contribution in [0.15, 0.2) is 24.3 Å². The smallest absolute Gasteiger partial charge is 0.220 e. The minimum atomic E-state index is 0.201. The summed E-state index contributed by atoms with van der Waals surface area (Å²) in [7, 11) is 0. The van der Waals surface area contributed by atoms with E-state index in [0.29, 0.717) is 0 Å². The second kappa shape index (κ2) is 7.20. The predicted octanol–water partition coefficient (Wildman–Crippen LogP) is 3.88. The molecule has 1 aromatic heterocycles. The van der Waals surface area contributed by atoms with Crippen molar-refractivity contribution in [3.05, 3.63) is 35.5 Å². The Kier molecular flexibility index (Phi) is 4.80. The molecule has 0 bridgehead atoms. The third-order valence-corrected chi connectivity index (χ3v) is 5.96. The van der Waals surface area contributed by atoms with E-state index in [0.717, 1.165) is 32.4 Å². The van der Waals surface area contributed by atoms with Crippen molar-refractivity contribution in [3.8, 4) is 0 Å². The first-order valence-corrected chi connectivity index (χ1v) is 9.83. The zero-order valence-corrected chi connectivity index (χ0v) is 15.3. The van der Waals surface area contributed by atoms with Crippen molar-refractivity contribution < 1.29 is 4.79 Å². The Morgan fingerprint density at radius 3 is 2.76 bits per heavy atom. The number of aromatic amines is 1. The summed E-state index contributed by atoms with van der Waals surface area (Å²) in [6, 6.07) is 8.76. The molecule has 1 aromatic carbocycles. The van der Waals surface area contributed by atoms with Crippen LogP contribution in [0.1, 0.15) is 56.3 Å². The number of nitrogens with one attached hydrogen (secondary N) is 1. The number of H-pyrrole nitrogens is 1. The Balaban J connectivity index is 1.53. The van der Waals surface area contributed by atoms with E-state index in [1.165, 1.54) is 54.5 Å². The molecule has 0 aliphatic carbocycles. The summed E-state index contributed by atoms with van der Waals surface area (Å²) in [5.41, 5.74) is 3.91. The van der Waals surface area contributed by atoms with E-state index in [-0.39, 0.29) is 11.9 Å². The van der Waals surface area contributed by atoms with Gasteiger partial charge in [0, 0.05) is 30.1 Å². The van der Waals surface area contributed by atoms with Gasteiger partial charge in [-0.3, -0.25) is 4.79 Å². The molecule has 2 aromatic rings. The van der Waals surface area contributed by atoms with Gasteiger partial charge in [0.15, 0.2) is 0 Å². The van der Waals surface area contributed by atoms with Crippen molar-refractivity contribution in [2.45, 2.75) is 51.5 Å². The first-order chi connectivity index (χ1) is 12.2. The molecule has 1 N–H and O–H groups in total. The molecule has 0 radical (unpaired) electrons. The fourth-order valence-corrected chi connectivity index (χ4v) is 4.69. The number of amides is 1. The summed E-state index contributed by atoms with van der Waals surface area (Å²) >= 11 is 0. The minimum absolute atomic E-state index is 0.201. The van der Waals surface area contributed by atoms with E-state index in [2.05, 4.69) is 39.0 Å². The Bertz CT molecular complexity index is 745. The molecule has 4 heteroatoms. The molecular formula is C21H29N3O. The molecule has 2 aliphatic heterocycles. The van der Waals surface area contributed by atoms with Crippen LogP contribution in [0, 0.1) is 0 Å². The van der Waals surface area contributed by atoms with Gasteiger partial charge in [0.25, 0.3) is 0 Å². The molecule has 134 valence electrons. The zero-order valence-electron chi connectivity index (χ0n) is 15.3. The van der Waals surface area contributed by atoms with Crippen LogP contribution in [0.2, 0.25) is 0 Å². The molecule has 4 rings (SSSR count). The van der Waals surface area contributed by atoms with Crippen molar-refractivity contribution in [3.63, 3.8) is 0 Å². The average Bonchev–Trinajstić information content (AvgIpc) is 3.01. The molecule has 25 heavy (non-hydrogen) atoms. The number of carbonyl (C=O) groups excluding carboxylic acids is 1. The maximum atomic E-state index is 12.2. The number of hydrogen-bond donors (Lipinski definition) is 1. The third-order valence-electron chi connectivity index (χ3n) is 5.96. The van der Waals surface area contributed by atoms with E-state index in [1.807, 2.05) is 0 Å². The van der Waals surface area contributed by atoms with Crippen LogP contribution in [0.25, 0.3) is 10.9 Å². The number of hydrogen-bond acceptors (Lipinski definition) is 2. The lowest BCUT2D eigenvalue weighted by molar-refractivity contribution is -0.132. The van der Waals surface area contributed by atoms with Crippen molar-refractivity contribution >= 4 is 16.8 Å². The summed E-state index contributed by atoms with van der Waals surface area (Å²) in [4.78, 5) is 20.5. The molecule has 1 atom stereocenters. The number of rotatable bonds is 4. The molecule has 1 unspecified atom stereocenters. The summed E-state index contributed by atoms with van der Waals surface area (Å²) in [6.45, 7) is 6.22. The standard InChI is InChI=1S/C21H29N3O/c1-16(25)24-15-11-18-17-8-3-4-9-19(17)22-21(18)20(24)10-7-14-23-12-5-2-6-13-23/h3-4,8-9,20,22H,2,5-7,10-15H2,1H3. The predicted molar refractivity (Wildman–Crippen MR) is 102 cm³/mol. The molecule has 1 amide bonds. The first kappa shape index (κ1) is 16.6. The van der Waals surface area contributed by atoms with Gasteiger partial charge in [-0.05, 0) is 63.4 Å². The normalized spacial score (nSPS) is 21.5. The Labute approximate surface area is 150 Å². The minimum Gasteiger partial charge on any atom is -0.356 e. The Hall–Kier alpha value is -1.81. The molecule has 1 saturated heterocycles. The number of benzene rings is 1. The van der Waals surface area contributed by atoms with Gasteiger partial charge in [-0.2, -0.15) is 0 Å². The molecule has 1 fully saturated rings. The Morgan fingerprint density at radius 1 is 1.16 bits per heavy atom. The summed E-state index contributed by atoms with van der Waals surface area (Å²) < 4.78 is 0. The van der Waals surface area contributed by atoms with Crippen molar-refractivity contribution in [1.29, 1.82) is 0 Å². The lowest BCUT2D eigenvalue weighted by atomic mass is 9.94. The fraction of sp³-hybridized carbons (Fsp3) is 0.571. The number of para-hydroxylation sites is 1. The highest BCUT2D eigenvalue weighted by molar-refractivity contribution is 5.86. The van der Waals surface area contributed by atoms with Gasteiger partial charge in [-0.1, -0.05) is 24.6 Å². The lowest BCUT2D eigenvalue weighted by Crippen LogP contribution is -2.39. The van der Waals surface area contributed by atoms with E-state index in [1.54, 1.807) is 6.92 Å². The van der Waals surface area contributed by atoms with Crippen LogP contribution >= 0.6 is 0 Å². The van der Waals surface area contributed by atoms with Gasteiger partial charge >= 0.3 is 0 Å². The van der Waals surface area contributed by atoms with E-state index in [4.69, 9.17) is 0 Å². The van der Waals surface area contributed by atoms with E-state index in [9.17, 15) is 4.79 Å². The van der Waals surface area contributed by atoms with Crippen LogP contribution < -0.4 is 0 Å². The van der Waals surface area contributed by atoms with Crippen LogP contribution in [0.4, 0.5) is 0 Å². The van der Waals surface area contributed by atoms with E-state index >= 15 is 0 Å². The molecule has 2 aliphatic rings. The SMILES string of the molecule is CC(=O)N1CCc2c([nH]c3ccccc23)C1CCCN1CCCCC1. The highest BCUT2D eigenvalue weighted by atomic mass is 16.2. The molecule has 4 nitrogen and oxygen atoms in total. The van der Waals surface area contributed by atoms with Gasteiger partial charge < -0.3 is 14.8 Å². The van der Waals surface area contributed by atoms with Crippen LogP contribution in [-0.2, 0) is 11.2 Å². The number of aromatic nitrogens is 1. The second-order valence-corrected chi connectivity index (χ2v) is 7.59. The molecule has 0 saturated carbocycles. The van der Waals surface area contributed by atoms with Crippen molar-refractivity contribution in [2.24, 2.45) is 0 Å². The summed E-state index contributed by atoms with van der Waals surface area (Å²) in [6.07, 6.45) is 7.24. The van der Waals surface area contributed by atoms with Crippen LogP contribution in [0.3, 0.4) is 0 Å². The number of nitrogens with zero attached hydrogens (tertiary/aromatic N) is 2. The highest BCUT2D eigenvalue weighted by Gasteiger charge is 2.31. The monoisotopic (exact) mass is 339 g/mol. The third kappa shape index (κ3) is 3.32. The summed E-state index contributed by atoms with van der Waals surface area (Å²) in [5, 5.41) is 1.33. The van der Waals surface area contributed by atoms with Gasteiger partial charge in [0.2, 0.25) is 5.91 Å². The van der Waals surface area contributed by atoms with Crippen LogP contribution in [0.5, 0.6) is 0 Å². The maximum Gasteiger partial charge on any atom is 0.220 e. The Morgan fingerprint density at radius 2 is 1.96 bits per heavy atom. The number of piperidine rings is 1. The molecular weight excluding hydrogens is 310 g/mol. The fourth-order valence-electron chi connectivity index (χ4n) is 4.69. The largest absolute Gasteiger partial charge is 0.356 e. The first-order valence-electron chi connectivity index (χ1n) is 9.83. The number of carbonyl (C=O) groups is 1. The topological polar surface area (TPSA) is 39.3 Å². The zero-order chi connectivity index (χ0) is 17.2. The maximum absolute atomic E-state index is 12.2. The molecule has 0 spiro atoms. The van der Waals surface area contributed by atoms with Crippen molar-refractivity contribution in [2.75, 3.05) is 26.2 Å². The highest BCUT2D eigenvalue weighted by Crippen LogP contribution is 2.37. The quantitative estimate of drug-likeness (QED) is 0.918. The number of fused-ring (bicyclic) bond motifs is 3.